The highest BCUT2D eigenvalue weighted by Gasteiger charge is 2.46. The Labute approximate surface area is 181 Å². The van der Waals surface area contributed by atoms with Crippen LogP contribution in [0.1, 0.15) is 17.2 Å². The standard InChI is InChI=1S/C21H24O11/c22-7-16-17(27)18(28)19(29)21(32-16)31-15-6-10-12(25)4-9(23)5-14(10)30-20(15)8-1-2-11(24)13(26)3-8/h1-5,15-29H,6-7H2/t15-,16-,17-,18+,19-,20+,21+/m0/s1. The van der Waals surface area contributed by atoms with Crippen LogP contribution in [0.4, 0.5) is 0 Å². The van der Waals surface area contributed by atoms with Gasteiger partial charge < -0.3 is 55.1 Å². The number of aliphatic hydroxyl groups excluding tert-OH is 4. The zero-order valence-electron chi connectivity index (χ0n) is 16.6. The number of benzene rings is 2. The first-order valence-electron chi connectivity index (χ1n) is 9.89. The van der Waals surface area contributed by atoms with E-state index in [2.05, 4.69) is 0 Å². The maximum absolute atomic E-state index is 10.3. The third-order valence-electron chi connectivity index (χ3n) is 5.65. The van der Waals surface area contributed by atoms with Gasteiger partial charge in [-0.15, -0.1) is 0 Å². The van der Waals surface area contributed by atoms with Crippen LogP contribution >= 0.6 is 0 Å². The van der Waals surface area contributed by atoms with E-state index in [1.807, 2.05) is 0 Å². The lowest BCUT2D eigenvalue weighted by atomic mass is 9.93. The number of fused-ring (bicyclic) bond motifs is 1. The van der Waals surface area contributed by atoms with E-state index in [9.17, 15) is 40.9 Å². The van der Waals surface area contributed by atoms with Crippen LogP contribution in [0.3, 0.4) is 0 Å². The third kappa shape index (κ3) is 4.01. The van der Waals surface area contributed by atoms with Crippen molar-refractivity contribution in [3.63, 3.8) is 0 Å². The van der Waals surface area contributed by atoms with Crippen LogP contribution in [0, 0.1) is 0 Å². The quantitative estimate of drug-likeness (QED) is 0.276. The predicted molar refractivity (Wildman–Crippen MR) is 105 cm³/mol. The predicted octanol–water partition coefficient (Wildman–Crippen LogP) is -0.630. The summed E-state index contributed by atoms with van der Waals surface area (Å²) >= 11 is 0. The van der Waals surface area contributed by atoms with E-state index in [1.165, 1.54) is 24.3 Å². The molecule has 0 aliphatic carbocycles. The molecule has 7 atom stereocenters. The molecule has 11 nitrogen and oxygen atoms in total. The number of phenols is 4. The van der Waals surface area contributed by atoms with Crippen molar-refractivity contribution in [2.45, 2.75) is 49.3 Å². The minimum Gasteiger partial charge on any atom is -0.508 e. The maximum Gasteiger partial charge on any atom is 0.187 e. The molecule has 0 amide bonds. The minimum atomic E-state index is -1.66. The van der Waals surface area contributed by atoms with Crippen molar-refractivity contribution in [2.75, 3.05) is 6.61 Å². The van der Waals surface area contributed by atoms with Gasteiger partial charge in [-0.2, -0.15) is 0 Å². The molecule has 0 radical (unpaired) electrons. The van der Waals surface area contributed by atoms with Crippen molar-refractivity contribution >= 4 is 0 Å². The number of aliphatic hydroxyl groups is 4. The highest BCUT2D eigenvalue weighted by atomic mass is 16.7. The molecule has 0 bridgehead atoms. The first-order valence-corrected chi connectivity index (χ1v) is 9.89. The molecule has 8 N–H and O–H groups in total. The van der Waals surface area contributed by atoms with Crippen molar-refractivity contribution in [1.82, 2.24) is 0 Å². The molecule has 1 fully saturated rings. The summed E-state index contributed by atoms with van der Waals surface area (Å²) in [5.74, 6) is -1.10. The Morgan fingerprint density at radius 3 is 2.31 bits per heavy atom. The summed E-state index contributed by atoms with van der Waals surface area (Å²) in [5, 5.41) is 79.4. The van der Waals surface area contributed by atoms with E-state index in [-0.39, 0.29) is 29.4 Å². The second-order valence-electron chi connectivity index (χ2n) is 7.80. The fourth-order valence-electron chi connectivity index (χ4n) is 3.92. The Kier molecular flexibility index (Phi) is 6.03. The van der Waals surface area contributed by atoms with Gasteiger partial charge in [0.1, 0.15) is 47.8 Å². The van der Waals surface area contributed by atoms with Gasteiger partial charge in [-0.3, -0.25) is 0 Å². The van der Waals surface area contributed by atoms with Crippen LogP contribution in [-0.4, -0.2) is 84.3 Å². The van der Waals surface area contributed by atoms with E-state index >= 15 is 0 Å². The molecule has 11 heteroatoms. The lowest BCUT2D eigenvalue weighted by Gasteiger charge is -2.43. The fourth-order valence-corrected chi connectivity index (χ4v) is 3.92. The van der Waals surface area contributed by atoms with Crippen molar-refractivity contribution in [1.29, 1.82) is 0 Å². The number of ether oxygens (including phenoxy) is 3. The topological polar surface area (TPSA) is 190 Å². The minimum absolute atomic E-state index is 0.0166. The summed E-state index contributed by atoms with van der Waals surface area (Å²) in [5.41, 5.74) is 0.667. The van der Waals surface area contributed by atoms with Crippen LogP contribution in [0.2, 0.25) is 0 Å². The molecule has 2 heterocycles. The van der Waals surface area contributed by atoms with Crippen molar-refractivity contribution < 1.29 is 55.1 Å². The van der Waals surface area contributed by atoms with Gasteiger partial charge in [0.2, 0.25) is 0 Å². The normalized spacial score (nSPS) is 32.2. The molecule has 32 heavy (non-hydrogen) atoms. The van der Waals surface area contributed by atoms with Crippen LogP contribution in [0.15, 0.2) is 30.3 Å². The summed E-state index contributed by atoms with van der Waals surface area (Å²) in [6, 6.07) is 6.38. The molecule has 2 aromatic carbocycles. The zero-order chi connectivity index (χ0) is 23.2. The van der Waals surface area contributed by atoms with Crippen molar-refractivity contribution in [2.24, 2.45) is 0 Å². The highest BCUT2D eigenvalue weighted by molar-refractivity contribution is 5.52. The van der Waals surface area contributed by atoms with Gasteiger partial charge in [0.15, 0.2) is 23.9 Å². The second-order valence-corrected chi connectivity index (χ2v) is 7.80. The van der Waals surface area contributed by atoms with E-state index < -0.39 is 55.3 Å². The van der Waals surface area contributed by atoms with Crippen LogP contribution in [-0.2, 0) is 15.9 Å². The van der Waals surface area contributed by atoms with E-state index in [1.54, 1.807) is 0 Å². The zero-order valence-corrected chi connectivity index (χ0v) is 16.6. The monoisotopic (exact) mass is 452 g/mol. The molecule has 2 aliphatic rings. The first-order chi connectivity index (χ1) is 15.2. The number of rotatable bonds is 4. The summed E-state index contributed by atoms with van der Waals surface area (Å²) in [6.07, 6.45) is -9.41. The average molecular weight is 452 g/mol. The van der Waals surface area contributed by atoms with Gasteiger partial charge in [0.05, 0.1) is 6.61 Å². The van der Waals surface area contributed by atoms with E-state index in [0.29, 0.717) is 11.1 Å². The lowest BCUT2D eigenvalue weighted by Crippen LogP contribution is -2.60. The Balaban J connectivity index is 1.68. The van der Waals surface area contributed by atoms with Gasteiger partial charge in [-0.05, 0) is 17.7 Å². The number of hydrogen-bond acceptors (Lipinski definition) is 11. The Morgan fingerprint density at radius 2 is 1.62 bits per heavy atom. The fraction of sp³-hybridized carbons (Fsp3) is 0.429. The van der Waals surface area contributed by atoms with E-state index in [0.717, 1.165) is 6.07 Å². The molecule has 4 rings (SSSR count). The summed E-state index contributed by atoms with van der Waals surface area (Å²) in [6.45, 7) is -0.635. The Hall–Kier alpha value is -2.80. The maximum atomic E-state index is 10.3. The summed E-state index contributed by atoms with van der Waals surface area (Å²) < 4.78 is 17.2. The molecule has 174 valence electrons. The molecule has 0 spiro atoms. The third-order valence-corrected chi connectivity index (χ3v) is 5.65. The van der Waals surface area contributed by atoms with Crippen molar-refractivity contribution in [3.05, 3.63) is 41.5 Å². The molecule has 1 saturated heterocycles. The number of hydrogen-bond donors (Lipinski definition) is 8. The largest absolute Gasteiger partial charge is 0.508 e. The molecule has 0 saturated carbocycles. The van der Waals surface area contributed by atoms with Gasteiger partial charge >= 0.3 is 0 Å². The Bertz CT molecular complexity index is 978. The van der Waals surface area contributed by atoms with Gasteiger partial charge in [0.25, 0.3) is 0 Å². The highest BCUT2D eigenvalue weighted by Crippen LogP contribution is 2.44. The molecular formula is C21H24O11. The molecule has 2 aliphatic heterocycles. The van der Waals surface area contributed by atoms with Crippen LogP contribution in [0.5, 0.6) is 28.7 Å². The molecule has 2 aromatic rings. The van der Waals surface area contributed by atoms with E-state index in [4.69, 9.17) is 14.2 Å². The van der Waals surface area contributed by atoms with Gasteiger partial charge in [-0.1, -0.05) is 6.07 Å². The SMILES string of the molecule is OC[C@@H]1O[C@@H](O[C@H]2Cc3c(O)cc(O)cc3O[C@@H]2c2ccc(O)c(O)c2)[C@@H](O)[C@H](O)[C@H]1O. The van der Waals surface area contributed by atoms with Crippen molar-refractivity contribution in [3.8, 4) is 28.7 Å². The molecule has 0 unspecified atom stereocenters. The second kappa shape index (κ2) is 8.62. The lowest BCUT2D eigenvalue weighted by molar-refractivity contribution is -0.317. The van der Waals surface area contributed by atoms with Gasteiger partial charge in [0, 0.05) is 24.1 Å². The number of phenolic OH excluding ortho intramolecular Hbond substituents is 4. The average Bonchev–Trinajstić information content (AvgIpc) is 2.76. The first kappa shape index (κ1) is 22.4. The van der Waals surface area contributed by atoms with Gasteiger partial charge in [-0.25, -0.2) is 0 Å². The molecule has 0 aromatic heterocycles. The van der Waals surface area contributed by atoms with Crippen LogP contribution < -0.4 is 4.74 Å². The Morgan fingerprint density at radius 1 is 0.875 bits per heavy atom. The smallest absolute Gasteiger partial charge is 0.187 e. The summed E-state index contributed by atoms with van der Waals surface area (Å²) in [4.78, 5) is 0. The number of aromatic hydroxyl groups is 4. The summed E-state index contributed by atoms with van der Waals surface area (Å²) in [7, 11) is 0. The molecular weight excluding hydrogens is 428 g/mol. The van der Waals surface area contributed by atoms with Crippen LogP contribution in [0.25, 0.3) is 0 Å².